The van der Waals surface area contributed by atoms with Gasteiger partial charge in [0.15, 0.2) is 0 Å². The van der Waals surface area contributed by atoms with E-state index >= 15 is 0 Å². The van der Waals surface area contributed by atoms with Crippen molar-refractivity contribution in [2.24, 2.45) is 0 Å². The number of carbonyl (C=O) groups is 2. The Morgan fingerprint density at radius 3 is 1.88 bits per heavy atom. The van der Waals surface area contributed by atoms with Gasteiger partial charge >= 0.3 is 0 Å². The fourth-order valence-corrected chi connectivity index (χ4v) is 1.33. The van der Waals surface area contributed by atoms with Crippen molar-refractivity contribution in [1.29, 1.82) is 0 Å². The molecule has 0 aliphatic heterocycles. The first-order valence-corrected chi connectivity index (χ1v) is 5.47. The summed E-state index contributed by atoms with van der Waals surface area (Å²) in [5.74, 6) is -0.406. The van der Waals surface area contributed by atoms with Crippen LogP contribution >= 0.6 is 0 Å². The molecule has 0 radical (unpaired) electrons. The molecule has 5 nitrogen and oxygen atoms in total. The van der Waals surface area contributed by atoms with Crippen LogP contribution in [0.5, 0.6) is 0 Å². The van der Waals surface area contributed by atoms with Crippen LogP contribution in [0.25, 0.3) is 0 Å². The number of rotatable bonds is 5. The van der Waals surface area contributed by atoms with Crippen molar-refractivity contribution in [3.05, 3.63) is 0 Å². The molecule has 0 atom stereocenters. The predicted octanol–water partition coefficient (Wildman–Crippen LogP) is 0.0153. The molecule has 0 fully saturated rings. The molecule has 16 heavy (non-hydrogen) atoms. The fraction of sp³-hybridized carbons (Fsp3) is 0.818. The predicted molar refractivity (Wildman–Crippen MR) is 64.0 cm³/mol. The molecule has 0 unspecified atom stereocenters. The molecule has 0 aromatic rings. The third-order valence-corrected chi connectivity index (χ3v) is 2.41. The Labute approximate surface area is 97.4 Å². The molecular weight excluding hydrogens is 206 g/mol. The summed E-state index contributed by atoms with van der Waals surface area (Å²) in [4.78, 5) is 23.4. The van der Waals surface area contributed by atoms with E-state index in [1.807, 2.05) is 6.92 Å². The summed E-state index contributed by atoms with van der Waals surface area (Å²) >= 11 is 0. The van der Waals surface area contributed by atoms with Gasteiger partial charge in [-0.25, -0.2) is 0 Å². The molecule has 0 bridgehead atoms. The maximum Gasteiger partial charge on any atom is 0.244 e. The number of amides is 2. The number of hydrogen-bond acceptors (Lipinski definition) is 3. The third kappa shape index (κ3) is 3.81. The molecular formula is C11H23N3O2. The average Bonchev–Trinajstić information content (AvgIpc) is 2.15. The number of hydrogen-bond donors (Lipinski definition) is 3. The van der Waals surface area contributed by atoms with Gasteiger partial charge in [-0.1, -0.05) is 6.92 Å². The SMILES string of the molecule is CCNC(C)(C)C(=O)NC(C)(C)C(=O)NC. The van der Waals surface area contributed by atoms with Crippen LogP contribution in [0.15, 0.2) is 0 Å². The fourth-order valence-electron chi connectivity index (χ4n) is 1.33. The normalized spacial score (nSPS) is 12.1. The quantitative estimate of drug-likeness (QED) is 0.622. The summed E-state index contributed by atoms with van der Waals surface area (Å²) in [6, 6.07) is 0. The second-order valence-corrected chi connectivity index (χ2v) is 4.81. The van der Waals surface area contributed by atoms with Crippen molar-refractivity contribution in [2.45, 2.75) is 45.7 Å². The van der Waals surface area contributed by atoms with Crippen molar-refractivity contribution in [1.82, 2.24) is 16.0 Å². The molecule has 0 heterocycles. The number of carbonyl (C=O) groups excluding carboxylic acids is 2. The van der Waals surface area contributed by atoms with Gasteiger partial charge in [-0.2, -0.15) is 0 Å². The Kier molecular flexibility index (Phi) is 4.93. The standard InChI is InChI=1S/C11H23N3O2/c1-7-13-10(2,3)9(16)14-11(4,5)8(15)12-6/h13H,7H2,1-6H3,(H,12,15)(H,14,16). The summed E-state index contributed by atoms with van der Waals surface area (Å²) in [5.41, 5.74) is -1.58. The molecule has 0 spiro atoms. The van der Waals surface area contributed by atoms with Crippen LogP contribution < -0.4 is 16.0 Å². The molecule has 0 aliphatic carbocycles. The summed E-state index contributed by atoms with van der Waals surface area (Å²) in [6.07, 6.45) is 0. The lowest BCUT2D eigenvalue weighted by Crippen LogP contribution is -2.61. The highest BCUT2D eigenvalue weighted by Crippen LogP contribution is 2.07. The van der Waals surface area contributed by atoms with Gasteiger partial charge in [0.05, 0.1) is 5.54 Å². The lowest BCUT2D eigenvalue weighted by atomic mass is 9.99. The van der Waals surface area contributed by atoms with Gasteiger partial charge in [0.2, 0.25) is 11.8 Å². The van der Waals surface area contributed by atoms with E-state index in [1.165, 1.54) is 0 Å². The zero-order valence-electron chi connectivity index (χ0n) is 11.0. The van der Waals surface area contributed by atoms with E-state index in [0.29, 0.717) is 6.54 Å². The van der Waals surface area contributed by atoms with Gasteiger partial charge in [0.25, 0.3) is 0 Å². The summed E-state index contributed by atoms with van der Waals surface area (Å²) in [5, 5.41) is 8.30. The molecule has 3 N–H and O–H groups in total. The van der Waals surface area contributed by atoms with Crippen molar-refractivity contribution in [3.8, 4) is 0 Å². The monoisotopic (exact) mass is 229 g/mol. The Balaban J connectivity index is 4.61. The van der Waals surface area contributed by atoms with E-state index in [1.54, 1.807) is 34.7 Å². The van der Waals surface area contributed by atoms with E-state index in [9.17, 15) is 9.59 Å². The molecule has 0 saturated heterocycles. The molecule has 0 rings (SSSR count). The summed E-state index contributed by atoms with van der Waals surface area (Å²) in [7, 11) is 1.55. The van der Waals surface area contributed by atoms with E-state index in [4.69, 9.17) is 0 Å². The minimum Gasteiger partial charge on any atom is -0.357 e. The van der Waals surface area contributed by atoms with Gasteiger partial charge in [-0.3, -0.25) is 9.59 Å². The van der Waals surface area contributed by atoms with Crippen LogP contribution in [-0.2, 0) is 9.59 Å². The topological polar surface area (TPSA) is 70.2 Å². The third-order valence-electron chi connectivity index (χ3n) is 2.41. The maximum absolute atomic E-state index is 11.9. The van der Waals surface area contributed by atoms with Gasteiger partial charge < -0.3 is 16.0 Å². The molecule has 94 valence electrons. The van der Waals surface area contributed by atoms with E-state index in [0.717, 1.165) is 0 Å². The van der Waals surface area contributed by atoms with Gasteiger partial charge in [-0.05, 0) is 34.2 Å². The minimum absolute atomic E-state index is 0.192. The van der Waals surface area contributed by atoms with Crippen molar-refractivity contribution >= 4 is 11.8 Å². The van der Waals surface area contributed by atoms with Gasteiger partial charge in [-0.15, -0.1) is 0 Å². The Morgan fingerprint density at radius 1 is 1.00 bits per heavy atom. The summed E-state index contributed by atoms with van der Waals surface area (Å²) < 4.78 is 0. The first kappa shape index (κ1) is 14.9. The maximum atomic E-state index is 11.9. The van der Waals surface area contributed by atoms with Gasteiger partial charge in [0.1, 0.15) is 5.54 Å². The van der Waals surface area contributed by atoms with Crippen LogP contribution in [0.4, 0.5) is 0 Å². The van der Waals surface area contributed by atoms with Crippen LogP contribution in [0.2, 0.25) is 0 Å². The number of likely N-dealkylation sites (N-methyl/N-ethyl adjacent to an activating group) is 2. The molecule has 0 aromatic carbocycles. The smallest absolute Gasteiger partial charge is 0.244 e. The first-order chi connectivity index (χ1) is 7.17. The van der Waals surface area contributed by atoms with Crippen molar-refractivity contribution in [3.63, 3.8) is 0 Å². The van der Waals surface area contributed by atoms with Crippen molar-refractivity contribution in [2.75, 3.05) is 13.6 Å². The molecule has 0 aromatic heterocycles. The lowest BCUT2D eigenvalue weighted by molar-refractivity contribution is -0.134. The Bertz CT molecular complexity index is 272. The Morgan fingerprint density at radius 2 is 1.50 bits per heavy atom. The highest BCUT2D eigenvalue weighted by molar-refractivity contribution is 5.93. The van der Waals surface area contributed by atoms with Crippen LogP contribution in [0.3, 0.4) is 0 Å². The van der Waals surface area contributed by atoms with E-state index in [2.05, 4.69) is 16.0 Å². The molecule has 0 aliphatic rings. The van der Waals surface area contributed by atoms with Crippen LogP contribution in [0, 0.1) is 0 Å². The Hall–Kier alpha value is -1.10. The number of nitrogens with one attached hydrogen (secondary N) is 3. The molecule has 5 heteroatoms. The zero-order chi connectivity index (χ0) is 13.0. The largest absolute Gasteiger partial charge is 0.357 e. The second kappa shape index (κ2) is 5.30. The average molecular weight is 229 g/mol. The highest BCUT2D eigenvalue weighted by atomic mass is 16.2. The molecule has 2 amide bonds. The first-order valence-electron chi connectivity index (χ1n) is 5.47. The van der Waals surface area contributed by atoms with Crippen LogP contribution in [0.1, 0.15) is 34.6 Å². The van der Waals surface area contributed by atoms with E-state index < -0.39 is 11.1 Å². The van der Waals surface area contributed by atoms with E-state index in [-0.39, 0.29) is 11.8 Å². The minimum atomic E-state index is -0.904. The molecule has 0 saturated carbocycles. The second-order valence-electron chi connectivity index (χ2n) is 4.81. The van der Waals surface area contributed by atoms with Crippen molar-refractivity contribution < 1.29 is 9.59 Å². The van der Waals surface area contributed by atoms with Crippen LogP contribution in [-0.4, -0.2) is 36.5 Å². The summed E-state index contributed by atoms with van der Waals surface area (Å²) in [6.45, 7) is 9.54. The van der Waals surface area contributed by atoms with Gasteiger partial charge in [0, 0.05) is 7.05 Å². The lowest BCUT2D eigenvalue weighted by Gasteiger charge is -2.31. The highest BCUT2D eigenvalue weighted by Gasteiger charge is 2.34. The zero-order valence-corrected chi connectivity index (χ0v) is 11.0.